The minimum absolute atomic E-state index is 0.310. The molecule has 0 spiro atoms. The zero-order valence-corrected chi connectivity index (χ0v) is 14.0. The van der Waals surface area contributed by atoms with Crippen LogP contribution in [0.2, 0.25) is 0 Å². The molecule has 4 aromatic rings. The minimum Gasteiger partial charge on any atom is -0.341 e. The van der Waals surface area contributed by atoms with Gasteiger partial charge in [-0.1, -0.05) is 0 Å². The van der Waals surface area contributed by atoms with Gasteiger partial charge in [-0.2, -0.15) is 9.61 Å². The third-order valence-electron chi connectivity index (χ3n) is 4.71. The van der Waals surface area contributed by atoms with Crippen LogP contribution >= 0.6 is 0 Å². The van der Waals surface area contributed by atoms with Gasteiger partial charge in [-0.25, -0.2) is 14.6 Å². The summed E-state index contributed by atoms with van der Waals surface area (Å²) in [6.07, 6.45) is 9.10. The van der Waals surface area contributed by atoms with Gasteiger partial charge in [0.15, 0.2) is 17.3 Å². The van der Waals surface area contributed by atoms with E-state index in [1.54, 1.807) is 23.3 Å². The molecule has 0 N–H and O–H groups in total. The summed E-state index contributed by atoms with van der Waals surface area (Å²) in [6, 6.07) is 7.53. The van der Waals surface area contributed by atoms with Crippen LogP contribution in [0.4, 0.5) is 5.95 Å². The lowest BCUT2D eigenvalue weighted by Crippen LogP contribution is -2.34. The maximum atomic E-state index is 4.68. The predicted molar refractivity (Wildman–Crippen MR) is 94.1 cm³/mol. The topological polar surface area (TPSA) is 89.9 Å². The van der Waals surface area contributed by atoms with Gasteiger partial charge in [0.1, 0.15) is 0 Å². The van der Waals surface area contributed by atoms with Crippen LogP contribution in [-0.4, -0.2) is 52.6 Å². The standard InChI is InChI=1S/C17H17N9/c1-7-18-17(19-8-1)24-11-5-13(6-12-24)16-22-21-14-3-4-15(23-26(14)16)25-10-2-9-20-25/h1-4,7-10,13H,5-6,11-12H2. The zero-order valence-electron chi connectivity index (χ0n) is 14.0. The summed E-state index contributed by atoms with van der Waals surface area (Å²) in [5.74, 6) is 2.75. The van der Waals surface area contributed by atoms with Gasteiger partial charge in [-0.3, -0.25) is 0 Å². The molecule has 5 rings (SSSR count). The SMILES string of the molecule is c1cnc(N2CCC(c3nnc4ccc(-n5cccn5)nn34)CC2)nc1. The molecule has 1 saturated heterocycles. The quantitative estimate of drug-likeness (QED) is 0.554. The van der Waals surface area contributed by atoms with Gasteiger partial charge in [-0.15, -0.1) is 15.3 Å². The molecule has 0 aromatic carbocycles. The van der Waals surface area contributed by atoms with Gasteiger partial charge in [-0.05, 0) is 37.1 Å². The number of rotatable bonds is 3. The maximum absolute atomic E-state index is 4.68. The summed E-state index contributed by atoms with van der Waals surface area (Å²) in [7, 11) is 0. The van der Waals surface area contributed by atoms with Crippen LogP contribution in [0.25, 0.3) is 11.5 Å². The Kier molecular flexibility index (Phi) is 3.55. The molecule has 5 heterocycles. The lowest BCUT2D eigenvalue weighted by Gasteiger charge is -2.30. The fourth-order valence-electron chi connectivity index (χ4n) is 3.37. The number of anilines is 1. The smallest absolute Gasteiger partial charge is 0.225 e. The average Bonchev–Trinajstić information content (AvgIpc) is 3.38. The van der Waals surface area contributed by atoms with Crippen LogP contribution in [-0.2, 0) is 0 Å². The van der Waals surface area contributed by atoms with Gasteiger partial charge in [0.25, 0.3) is 0 Å². The molecule has 1 fully saturated rings. The normalized spacial score (nSPS) is 15.6. The first-order valence-corrected chi connectivity index (χ1v) is 8.63. The van der Waals surface area contributed by atoms with Crippen molar-refractivity contribution in [2.24, 2.45) is 0 Å². The van der Waals surface area contributed by atoms with E-state index in [1.807, 2.05) is 35.0 Å². The summed E-state index contributed by atoms with van der Waals surface area (Å²) >= 11 is 0. The van der Waals surface area contributed by atoms with Crippen LogP contribution < -0.4 is 4.90 Å². The Morgan fingerprint density at radius 2 is 1.77 bits per heavy atom. The van der Waals surface area contributed by atoms with Crippen molar-refractivity contribution in [3.05, 3.63) is 54.9 Å². The van der Waals surface area contributed by atoms with Crippen molar-refractivity contribution < 1.29 is 0 Å². The molecule has 1 aliphatic heterocycles. The summed E-state index contributed by atoms with van der Waals surface area (Å²) in [5, 5.41) is 17.6. The molecule has 9 heteroatoms. The first-order chi connectivity index (χ1) is 12.9. The monoisotopic (exact) mass is 347 g/mol. The van der Waals surface area contributed by atoms with E-state index in [1.165, 1.54) is 0 Å². The van der Waals surface area contributed by atoms with Crippen LogP contribution in [0.5, 0.6) is 0 Å². The van der Waals surface area contributed by atoms with E-state index in [9.17, 15) is 0 Å². The molecule has 0 unspecified atom stereocenters. The van der Waals surface area contributed by atoms with Crippen LogP contribution in [0, 0.1) is 0 Å². The first kappa shape index (κ1) is 14.9. The molecule has 1 aliphatic rings. The molecule has 9 nitrogen and oxygen atoms in total. The van der Waals surface area contributed by atoms with E-state index in [0.717, 1.165) is 49.2 Å². The predicted octanol–water partition coefficient (Wildman–Crippen LogP) is 1.48. The number of hydrogen-bond donors (Lipinski definition) is 0. The summed E-state index contributed by atoms with van der Waals surface area (Å²) in [6.45, 7) is 1.78. The largest absolute Gasteiger partial charge is 0.341 e. The Hall–Kier alpha value is -3.36. The Balaban J connectivity index is 1.40. The van der Waals surface area contributed by atoms with Crippen LogP contribution in [0.3, 0.4) is 0 Å². The second-order valence-electron chi connectivity index (χ2n) is 6.28. The first-order valence-electron chi connectivity index (χ1n) is 8.63. The highest BCUT2D eigenvalue weighted by Gasteiger charge is 2.26. The number of nitrogens with zero attached hydrogens (tertiary/aromatic N) is 9. The fourth-order valence-corrected chi connectivity index (χ4v) is 3.37. The molecule has 0 aliphatic carbocycles. The van der Waals surface area contributed by atoms with Gasteiger partial charge >= 0.3 is 0 Å². The van der Waals surface area contributed by atoms with Crippen molar-refractivity contribution in [1.29, 1.82) is 0 Å². The highest BCUT2D eigenvalue weighted by molar-refractivity contribution is 5.40. The Labute approximate surface area is 149 Å². The summed E-state index contributed by atoms with van der Waals surface area (Å²) in [5.41, 5.74) is 0.754. The molecule has 26 heavy (non-hydrogen) atoms. The third kappa shape index (κ3) is 2.57. The van der Waals surface area contributed by atoms with E-state index in [4.69, 9.17) is 0 Å². The second-order valence-corrected chi connectivity index (χ2v) is 6.28. The van der Waals surface area contributed by atoms with Crippen LogP contribution in [0.1, 0.15) is 24.6 Å². The van der Waals surface area contributed by atoms with E-state index in [-0.39, 0.29) is 0 Å². The molecule has 4 aromatic heterocycles. The highest BCUT2D eigenvalue weighted by Crippen LogP contribution is 2.28. The van der Waals surface area contributed by atoms with E-state index >= 15 is 0 Å². The van der Waals surface area contributed by atoms with Crippen molar-refractivity contribution in [2.45, 2.75) is 18.8 Å². The fraction of sp³-hybridized carbons (Fsp3) is 0.294. The molecule has 0 saturated carbocycles. The van der Waals surface area contributed by atoms with Gasteiger partial charge in [0.2, 0.25) is 5.95 Å². The summed E-state index contributed by atoms with van der Waals surface area (Å²) in [4.78, 5) is 10.9. The Morgan fingerprint density at radius 3 is 2.54 bits per heavy atom. The van der Waals surface area contributed by atoms with Gasteiger partial charge in [0, 0.05) is 43.8 Å². The lowest BCUT2D eigenvalue weighted by molar-refractivity contribution is 0.472. The van der Waals surface area contributed by atoms with E-state index in [2.05, 4.69) is 35.3 Å². The van der Waals surface area contributed by atoms with E-state index < -0.39 is 0 Å². The minimum atomic E-state index is 0.310. The Morgan fingerprint density at radius 1 is 0.923 bits per heavy atom. The second kappa shape index (κ2) is 6.17. The zero-order chi connectivity index (χ0) is 17.3. The van der Waals surface area contributed by atoms with Crippen molar-refractivity contribution >= 4 is 11.6 Å². The van der Waals surface area contributed by atoms with Crippen molar-refractivity contribution in [1.82, 2.24) is 39.6 Å². The number of fused-ring (bicyclic) bond motifs is 1. The number of piperidine rings is 1. The lowest BCUT2D eigenvalue weighted by atomic mass is 9.96. The van der Waals surface area contributed by atoms with Gasteiger partial charge < -0.3 is 4.90 Å². The molecule has 0 radical (unpaired) electrons. The number of aromatic nitrogens is 8. The van der Waals surface area contributed by atoms with Crippen molar-refractivity contribution in [2.75, 3.05) is 18.0 Å². The average molecular weight is 347 g/mol. The van der Waals surface area contributed by atoms with Crippen molar-refractivity contribution in [3.8, 4) is 5.82 Å². The number of hydrogen-bond acceptors (Lipinski definition) is 7. The molecule has 0 bridgehead atoms. The third-order valence-corrected chi connectivity index (χ3v) is 4.71. The summed E-state index contributed by atoms with van der Waals surface area (Å²) < 4.78 is 3.58. The highest BCUT2D eigenvalue weighted by atomic mass is 15.4. The molecular formula is C17H17N9. The maximum Gasteiger partial charge on any atom is 0.225 e. The van der Waals surface area contributed by atoms with Crippen LogP contribution in [0.15, 0.2) is 49.1 Å². The molecule has 130 valence electrons. The van der Waals surface area contributed by atoms with Gasteiger partial charge in [0.05, 0.1) is 0 Å². The Bertz CT molecular complexity index is 1000. The van der Waals surface area contributed by atoms with E-state index in [0.29, 0.717) is 5.92 Å². The van der Waals surface area contributed by atoms with Crippen molar-refractivity contribution in [3.63, 3.8) is 0 Å². The molecule has 0 atom stereocenters. The molecule has 0 amide bonds. The molecular weight excluding hydrogens is 330 g/mol.